The molecule has 5 nitrogen and oxygen atoms in total. The molecule has 2 rings (SSSR count). The van der Waals surface area contributed by atoms with E-state index in [1.807, 2.05) is 19.2 Å². The monoisotopic (exact) mass is 219 g/mol. The Labute approximate surface area is 93.1 Å². The number of nitrogens with one attached hydrogen (secondary N) is 1. The van der Waals surface area contributed by atoms with Gasteiger partial charge in [-0.25, -0.2) is 0 Å². The third-order valence-electron chi connectivity index (χ3n) is 2.14. The van der Waals surface area contributed by atoms with Gasteiger partial charge in [-0.05, 0) is 24.7 Å². The van der Waals surface area contributed by atoms with Crippen molar-refractivity contribution in [3.05, 3.63) is 41.5 Å². The van der Waals surface area contributed by atoms with Crippen molar-refractivity contribution >= 4 is 0 Å². The summed E-state index contributed by atoms with van der Waals surface area (Å²) >= 11 is 0. The molecule has 0 aliphatic heterocycles. The molecular formula is C11H13N3O2. The lowest BCUT2D eigenvalue weighted by Gasteiger charge is -1.96. The molecule has 0 atom stereocenters. The van der Waals surface area contributed by atoms with Crippen molar-refractivity contribution in [2.45, 2.75) is 13.0 Å². The summed E-state index contributed by atoms with van der Waals surface area (Å²) in [5.74, 6) is 1.49. The summed E-state index contributed by atoms with van der Waals surface area (Å²) in [6.07, 6.45) is 0.605. The van der Waals surface area contributed by atoms with Crippen LogP contribution in [0.25, 0.3) is 0 Å². The Kier molecular flexibility index (Phi) is 3.16. The number of rotatable bonds is 4. The van der Waals surface area contributed by atoms with Crippen LogP contribution in [0, 0.1) is 0 Å². The Morgan fingerprint density at radius 3 is 2.75 bits per heavy atom. The van der Waals surface area contributed by atoms with E-state index in [0.29, 0.717) is 24.7 Å². The Balaban J connectivity index is 2.05. The molecule has 0 saturated heterocycles. The minimum atomic E-state index is 0.257. The van der Waals surface area contributed by atoms with E-state index in [0.717, 1.165) is 5.56 Å². The molecule has 1 aromatic heterocycles. The lowest BCUT2D eigenvalue weighted by molar-refractivity contribution is 0.367. The van der Waals surface area contributed by atoms with Gasteiger partial charge in [-0.2, -0.15) is 4.98 Å². The Hall–Kier alpha value is -1.88. The summed E-state index contributed by atoms with van der Waals surface area (Å²) in [4.78, 5) is 4.21. The number of phenolic OH excluding ortho intramolecular Hbond substituents is 1. The third kappa shape index (κ3) is 2.58. The van der Waals surface area contributed by atoms with Crippen molar-refractivity contribution < 1.29 is 9.63 Å². The Bertz CT molecular complexity index is 451. The average Bonchev–Trinajstić information content (AvgIpc) is 2.70. The average molecular weight is 219 g/mol. The largest absolute Gasteiger partial charge is 0.508 e. The Morgan fingerprint density at radius 1 is 1.31 bits per heavy atom. The maximum absolute atomic E-state index is 9.14. The van der Waals surface area contributed by atoms with Crippen LogP contribution in [0.5, 0.6) is 5.75 Å². The summed E-state index contributed by atoms with van der Waals surface area (Å²) in [6, 6.07) is 6.96. The van der Waals surface area contributed by atoms with Crippen LogP contribution < -0.4 is 5.32 Å². The van der Waals surface area contributed by atoms with Crippen LogP contribution in [-0.4, -0.2) is 22.3 Å². The minimum Gasteiger partial charge on any atom is -0.508 e. The molecule has 0 amide bonds. The van der Waals surface area contributed by atoms with E-state index >= 15 is 0 Å². The van der Waals surface area contributed by atoms with Gasteiger partial charge < -0.3 is 14.9 Å². The summed E-state index contributed by atoms with van der Waals surface area (Å²) in [7, 11) is 1.82. The molecule has 0 aliphatic rings. The van der Waals surface area contributed by atoms with Crippen molar-refractivity contribution in [2.75, 3.05) is 7.05 Å². The number of aromatic hydroxyl groups is 1. The Morgan fingerprint density at radius 2 is 2.06 bits per heavy atom. The molecule has 1 aromatic carbocycles. The molecule has 84 valence electrons. The third-order valence-corrected chi connectivity index (χ3v) is 2.14. The first kappa shape index (κ1) is 10.6. The van der Waals surface area contributed by atoms with Gasteiger partial charge in [0.2, 0.25) is 5.89 Å². The summed E-state index contributed by atoms with van der Waals surface area (Å²) < 4.78 is 5.03. The van der Waals surface area contributed by atoms with Gasteiger partial charge in [0.25, 0.3) is 0 Å². The predicted molar refractivity (Wildman–Crippen MR) is 58.0 cm³/mol. The smallest absolute Gasteiger partial charge is 0.240 e. The quantitative estimate of drug-likeness (QED) is 0.805. The van der Waals surface area contributed by atoms with Crippen LogP contribution in [0.1, 0.15) is 17.3 Å². The van der Waals surface area contributed by atoms with Crippen LogP contribution in [0.15, 0.2) is 28.8 Å². The van der Waals surface area contributed by atoms with Crippen molar-refractivity contribution in [3.8, 4) is 5.75 Å². The fourth-order valence-corrected chi connectivity index (χ4v) is 1.38. The number of phenols is 1. The summed E-state index contributed by atoms with van der Waals surface area (Å²) in [5.41, 5.74) is 1.04. The van der Waals surface area contributed by atoms with Crippen LogP contribution >= 0.6 is 0 Å². The molecule has 5 heteroatoms. The molecule has 0 spiro atoms. The van der Waals surface area contributed by atoms with Gasteiger partial charge in [0.15, 0.2) is 5.82 Å². The SMILES string of the molecule is CNCc1nc(Cc2ccc(O)cc2)no1. The molecule has 2 aromatic rings. The van der Waals surface area contributed by atoms with Gasteiger partial charge in [0.1, 0.15) is 5.75 Å². The zero-order valence-corrected chi connectivity index (χ0v) is 8.97. The van der Waals surface area contributed by atoms with Gasteiger partial charge in [0, 0.05) is 6.42 Å². The molecule has 0 saturated carbocycles. The number of hydrogen-bond donors (Lipinski definition) is 2. The van der Waals surface area contributed by atoms with E-state index in [1.165, 1.54) is 0 Å². The highest BCUT2D eigenvalue weighted by Gasteiger charge is 2.05. The topological polar surface area (TPSA) is 71.2 Å². The lowest BCUT2D eigenvalue weighted by Crippen LogP contribution is -2.05. The van der Waals surface area contributed by atoms with Crippen molar-refractivity contribution in [2.24, 2.45) is 0 Å². The first-order valence-corrected chi connectivity index (χ1v) is 5.02. The van der Waals surface area contributed by atoms with Crippen LogP contribution in [0.3, 0.4) is 0 Å². The number of hydrogen-bond acceptors (Lipinski definition) is 5. The van der Waals surface area contributed by atoms with E-state index in [4.69, 9.17) is 9.63 Å². The van der Waals surface area contributed by atoms with Crippen LogP contribution in [-0.2, 0) is 13.0 Å². The molecular weight excluding hydrogens is 206 g/mol. The van der Waals surface area contributed by atoms with Gasteiger partial charge in [0.05, 0.1) is 6.54 Å². The van der Waals surface area contributed by atoms with E-state index < -0.39 is 0 Å². The second-order valence-electron chi connectivity index (χ2n) is 3.48. The van der Waals surface area contributed by atoms with E-state index in [2.05, 4.69) is 15.5 Å². The van der Waals surface area contributed by atoms with E-state index in [9.17, 15) is 0 Å². The normalized spacial score (nSPS) is 10.6. The molecule has 0 aliphatic carbocycles. The zero-order chi connectivity index (χ0) is 11.4. The molecule has 16 heavy (non-hydrogen) atoms. The van der Waals surface area contributed by atoms with Crippen molar-refractivity contribution in [1.29, 1.82) is 0 Å². The zero-order valence-electron chi connectivity index (χ0n) is 8.97. The molecule has 2 N–H and O–H groups in total. The first-order valence-electron chi connectivity index (χ1n) is 5.02. The maximum Gasteiger partial charge on any atom is 0.240 e. The number of nitrogens with zero attached hydrogens (tertiary/aromatic N) is 2. The second-order valence-corrected chi connectivity index (χ2v) is 3.48. The summed E-state index contributed by atoms with van der Waals surface area (Å²) in [5, 5.41) is 15.9. The van der Waals surface area contributed by atoms with Crippen molar-refractivity contribution in [3.63, 3.8) is 0 Å². The fourth-order valence-electron chi connectivity index (χ4n) is 1.38. The standard InChI is InChI=1S/C11H13N3O2/c1-12-7-11-13-10(14-16-11)6-8-2-4-9(15)5-3-8/h2-5,12,15H,6-7H2,1H3. The fraction of sp³-hybridized carbons (Fsp3) is 0.273. The van der Waals surface area contributed by atoms with Gasteiger partial charge in [-0.3, -0.25) is 0 Å². The first-order chi connectivity index (χ1) is 7.78. The van der Waals surface area contributed by atoms with E-state index in [1.54, 1.807) is 12.1 Å². The minimum absolute atomic E-state index is 0.257. The van der Waals surface area contributed by atoms with Gasteiger partial charge >= 0.3 is 0 Å². The molecule has 0 radical (unpaired) electrons. The number of benzene rings is 1. The highest BCUT2D eigenvalue weighted by atomic mass is 16.5. The second kappa shape index (κ2) is 4.76. The molecule has 0 unspecified atom stereocenters. The van der Waals surface area contributed by atoms with Crippen LogP contribution in [0.4, 0.5) is 0 Å². The predicted octanol–water partition coefficient (Wildman–Crippen LogP) is 1.09. The van der Waals surface area contributed by atoms with Gasteiger partial charge in [-0.1, -0.05) is 17.3 Å². The molecule has 1 heterocycles. The molecule has 0 fully saturated rings. The highest BCUT2D eigenvalue weighted by Crippen LogP contribution is 2.12. The number of aromatic nitrogens is 2. The van der Waals surface area contributed by atoms with Gasteiger partial charge in [-0.15, -0.1) is 0 Å². The van der Waals surface area contributed by atoms with Crippen LogP contribution in [0.2, 0.25) is 0 Å². The highest BCUT2D eigenvalue weighted by molar-refractivity contribution is 5.27. The summed E-state index contributed by atoms with van der Waals surface area (Å²) in [6.45, 7) is 0.572. The maximum atomic E-state index is 9.14. The lowest BCUT2D eigenvalue weighted by atomic mass is 10.1. The van der Waals surface area contributed by atoms with Crippen molar-refractivity contribution in [1.82, 2.24) is 15.5 Å². The van der Waals surface area contributed by atoms with E-state index in [-0.39, 0.29) is 5.75 Å². The molecule has 0 bridgehead atoms.